The molecule has 0 aliphatic carbocycles. The van der Waals surface area contributed by atoms with Crippen LogP contribution in [-0.2, 0) is 0 Å². The molecule has 0 radical (unpaired) electrons. The molecule has 0 saturated heterocycles. The minimum atomic E-state index is -0.338. The van der Waals surface area contributed by atoms with Crippen molar-refractivity contribution in [3.63, 3.8) is 0 Å². The maximum atomic E-state index is 11.9. The van der Waals surface area contributed by atoms with Gasteiger partial charge in [0.15, 0.2) is 5.78 Å². The van der Waals surface area contributed by atoms with Gasteiger partial charge >= 0.3 is 0 Å². The predicted octanol–water partition coefficient (Wildman–Crippen LogP) is 1.72. The van der Waals surface area contributed by atoms with E-state index in [9.17, 15) is 9.59 Å². The van der Waals surface area contributed by atoms with Crippen LogP contribution in [0.15, 0.2) is 61.1 Å². The molecule has 1 heterocycles. The highest BCUT2D eigenvalue weighted by Crippen LogP contribution is 2.11. The highest BCUT2D eigenvalue weighted by molar-refractivity contribution is 6.04. The Morgan fingerprint density at radius 2 is 1.91 bits per heavy atom. The molecule has 2 rings (SSSR count). The fraction of sp³-hybridized carbons (Fsp3) is 0.0625. The van der Waals surface area contributed by atoms with Crippen LogP contribution in [0.5, 0.6) is 5.75 Å². The second kappa shape index (κ2) is 7.58. The second-order valence-corrected chi connectivity index (χ2v) is 4.27. The van der Waals surface area contributed by atoms with E-state index in [4.69, 9.17) is 4.74 Å². The summed E-state index contributed by atoms with van der Waals surface area (Å²) >= 11 is 0. The fourth-order valence-corrected chi connectivity index (χ4v) is 1.65. The van der Waals surface area contributed by atoms with E-state index in [1.54, 1.807) is 49.7 Å². The number of hydrogen-bond acceptors (Lipinski definition) is 5. The van der Waals surface area contributed by atoms with Gasteiger partial charge in [-0.25, -0.2) is 0 Å². The maximum Gasteiger partial charge on any atom is 0.271 e. The van der Waals surface area contributed by atoms with Gasteiger partial charge in [-0.05, 0) is 36.4 Å². The van der Waals surface area contributed by atoms with Crippen molar-refractivity contribution in [1.29, 1.82) is 0 Å². The first kappa shape index (κ1) is 15.2. The fourth-order valence-electron chi connectivity index (χ4n) is 1.65. The molecule has 0 saturated carbocycles. The number of benzene rings is 1. The molecular weight excluding hydrogens is 282 g/mol. The van der Waals surface area contributed by atoms with Gasteiger partial charge < -0.3 is 10.2 Å². The smallest absolute Gasteiger partial charge is 0.271 e. The zero-order valence-corrected chi connectivity index (χ0v) is 11.9. The average Bonchev–Trinajstić information content (AvgIpc) is 2.59. The van der Waals surface area contributed by atoms with Crippen LogP contribution < -0.4 is 15.6 Å². The summed E-state index contributed by atoms with van der Waals surface area (Å²) in [6.07, 6.45) is 5.72. The normalized spacial score (nSPS) is 10.2. The summed E-state index contributed by atoms with van der Waals surface area (Å²) in [6.45, 7) is 0. The van der Waals surface area contributed by atoms with Crippen molar-refractivity contribution in [2.75, 3.05) is 7.11 Å². The average molecular weight is 297 g/mol. The monoisotopic (exact) mass is 297 g/mol. The molecule has 2 aromatic rings. The van der Waals surface area contributed by atoms with Gasteiger partial charge in [-0.3, -0.25) is 20.0 Å². The number of ether oxygens (including phenoxy) is 1. The Balaban J connectivity index is 1.84. The van der Waals surface area contributed by atoms with Crippen LogP contribution in [0.1, 0.15) is 20.7 Å². The first-order valence-electron chi connectivity index (χ1n) is 6.51. The molecule has 112 valence electrons. The number of rotatable bonds is 6. The summed E-state index contributed by atoms with van der Waals surface area (Å²) in [5, 5.41) is 0. The van der Waals surface area contributed by atoms with Crippen LogP contribution in [0, 0.1) is 0 Å². The third kappa shape index (κ3) is 4.17. The van der Waals surface area contributed by atoms with Gasteiger partial charge in [-0.15, -0.1) is 0 Å². The number of nitrogens with zero attached hydrogens (tertiary/aromatic N) is 1. The summed E-state index contributed by atoms with van der Waals surface area (Å²) in [5.41, 5.74) is 5.94. The highest BCUT2D eigenvalue weighted by Gasteiger charge is 2.03. The molecule has 0 aliphatic rings. The summed E-state index contributed by atoms with van der Waals surface area (Å²) in [7, 11) is 1.56. The van der Waals surface area contributed by atoms with E-state index in [0.29, 0.717) is 16.9 Å². The number of pyridine rings is 1. The van der Waals surface area contributed by atoms with Crippen LogP contribution >= 0.6 is 0 Å². The molecule has 1 aromatic carbocycles. The van der Waals surface area contributed by atoms with Crippen molar-refractivity contribution >= 4 is 11.7 Å². The van der Waals surface area contributed by atoms with Gasteiger partial charge in [-0.1, -0.05) is 0 Å². The number of carbonyl (C=O) groups is 2. The number of allylic oxidation sites excluding steroid dienone is 1. The quantitative estimate of drug-likeness (QED) is 0.482. The Labute approximate surface area is 127 Å². The standard InChI is InChI=1S/C16H15N3O3/c1-22-14-6-4-12(5-7-14)15(20)8-10-18-19-16(21)13-3-2-9-17-11-13/h2-11,18H,1H3,(H,19,21)/b10-8+. The zero-order valence-electron chi connectivity index (χ0n) is 11.9. The summed E-state index contributed by atoms with van der Waals surface area (Å²) < 4.78 is 5.02. The maximum absolute atomic E-state index is 11.9. The molecule has 0 unspecified atom stereocenters. The third-order valence-corrected chi connectivity index (χ3v) is 2.80. The molecule has 2 N–H and O–H groups in total. The van der Waals surface area contributed by atoms with Crippen molar-refractivity contribution in [2.24, 2.45) is 0 Å². The van der Waals surface area contributed by atoms with Crippen molar-refractivity contribution in [3.05, 3.63) is 72.2 Å². The van der Waals surface area contributed by atoms with Gasteiger partial charge in [-0.2, -0.15) is 0 Å². The van der Waals surface area contributed by atoms with Gasteiger partial charge in [0.25, 0.3) is 5.91 Å². The first-order valence-corrected chi connectivity index (χ1v) is 6.51. The van der Waals surface area contributed by atoms with E-state index in [1.807, 2.05) is 0 Å². The lowest BCUT2D eigenvalue weighted by Gasteiger charge is -2.03. The second-order valence-electron chi connectivity index (χ2n) is 4.27. The van der Waals surface area contributed by atoms with Crippen molar-refractivity contribution in [1.82, 2.24) is 15.8 Å². The molecule has 0 aliphatic heterocycles. The minimum Gasteiger partial charge on any atom is -0.497 e. The van der Waals surface area contributed by atoms with Crippen molar-refractivity contribution in [3.8, 4) is 5.75 Å². The lowest BCUT2D eigenvalue weighted by molar-refractivity contribution is 0.0938. The van der Waals surface area contributed by atoms with E-state index in [0.717, 1.165) is 0 Å². The van der Waals surface area contributed by atoms with Crippen LogP contribution in [-0.4, -0.2) is 23.8 Å². The number of aromatic nitrogens is 1. The number of ketones is 1. The Kier molecular flexibility index (Phi) is 5.25. The van der Waals surface area contributed by atoms with Crippen LogP contribution in [0.2, 0.25) is 0 Å². The minimum absolute atomic E-state index is 0.189. The lowest BCUT2D eigenvalue weighted by atomic mass is 10.1. The van der Waals surface area contributed by atoms with Gasteiger partial charge in [0, 0.05) is 30.2 Å². The molecule has 0 spiro atoms. The zero-order chi connectivity index (χ0) is 15.8. The Hall–Kier alpha value is -3.15. The van der Waals surface area contributed by atoms with Crippen LogP contribution in [0.25, 0.3) is 0 Å². The van der Waals surface area contributed by atoms with Crippen molar-refractivity contribution in [2.45, 2.75) is 0 Å². The predicted molar refractivity (Wildman–Crippen MR) is 81.3 cm³/mol. The number of nitrogens with one attached hydrogen (secondary N) is 2. The molecule has 0 fully saturated rings. The van der Waals surface area contributed by atoms with E-state index in [-0.39, 0.29) is 11.7 Å². The summed E-state index contributed by atoms with van der Waals surface area (Å²) in [6, 6.07) is 10.0. The van der Waals surface area contributed by atoms with Crippen LogP contribution in [0.3, 0.4) is 0 Å². The molecule has 0 bridgehead atoms. The number of amides is 1. The van der Waals surface area contributed by atoms with Gasteiger partial charge in [0.05, 0.1) is 12.7 Å². The summed E-state index contributed by atoms with van der Waals surface area (Å²) in [4.78, 5) is 27.4. The van der Waals surface area contributed by atoms with Gasteiger partial charge in [0.1, 0.15) is 5.75 Å². The highest BCUT2D eigenvalue weighted by atomic mass is 16.5. The summed E-state index contributed by atoms with van der Waals surface area (Å²) in [5.74, 6) is 0.155. The first-order chi connectivity index (χ1) is 10.7. The number of carbonyl (C=O) groups excluding carboxylic acids is 2. The van der Waals surface area contributed by atoms with Gasteiger partial charge in [0.2, 0.25) is 0 Å². The Morgan fingerprint density at radius 3 is 2.55 bits per heavy atom. The molecule has 6 nitrogen and oxygen atoms in total. The van der Waals surface area contributed by atoms with Crippen molar-refractivity contribution < 1.29 is 14.3 Å². The Bertz CT molecular complexity index is 667. The third-order valence-electron chi connectivity index (χ3n) is 2.80. The molecular formula is C16H15N3O3. The molecule has 0 atom stereocenters. The number of hydrazine groups is 1. The van der Waals surface area contributed by atoms with E-state index in [2.05, 4.69) is 15.8 Å². The molecule has 6 heteroatoms. The number of hydrogen-bond donors (Lipinski definition) is 2. The lowest BCUT2D eigenvalue weighted by Crippen LogP contribution is -2.33. The topological polar surface area (TPSA) is 80.3 Å². The SMILES string of the molecule is COc1ccc(C(=O)/C=C/NNC(=O)c2cccnc2)cc1. The molecule has 1 aromatic heterocycles. The molecule has 22 heavy (non-hydrogen) atoms. The van der Waals surface area contributed by atoms with E-state index >= 15 is 0 Å². The van der Waals surface area contributed by atoms with E-state index < -0.39 is 0 Å². The van der Waals surface area contributed by atoms with E-state index in [1.165, 1.54) is 18.5 Å². The number of methoxy groups -OCH3 is 1. The van der Waals surface area contributed by atoms with Crippen LogP contribution in [0.4, 0.5) is 0 Å². The molecule has 1 amide bonds. The Morgan fingerprint density at radius 1 is 1.14 bits per heavy atom. The largest absolute Gasteiger partial charge is 0.497 e.